The van der Waals surface area contributed by atoms with Crippen molar-refractivity contribution < 1.29 is 8.42 Å². The number of anilines is 1. The zero-order valence-corrected chi connectivity index (χ0v) is 16.9. The number of hydrogen-bond donors (Lipinski definition) is 1. The molecule has 2 aromatic carbocycles. The van der Waals surface area contributed by atoms with Gasteiger partial charge < -0.3 is 0 Å². The second-order valence-corrected chi connectivity index (χ2v) is 8.19. The van der Waals surface area contributed by atoms with Gasteiger partial charge in [0.25, 0.3) is 10.0 Å². The van der Waals surface area contributed by atoms with Gasteiger partial charge in [-0.25, -0.2) is 13.1 Å². The molecule has 8 nitrogen and oxygen atoms in total. The highest BCUT2D eigenvalue weighted by Gasteiger charge is 2.15. The number of nitrogens with one attached hydrogen (secondary N) is 1. The predicted molar refractivity (Wildman–Crippen MR) is 110 cm³/mol. The first-order chi connectivity index (χ1) is 13.9. The second-order valence-electron chi connectivity index (χ2n) is 6.51. The van der Waals surface area contributed by atoms with Crippen LogP contribution in [0.3, 0.4) is 0 Å². The van der Waals surface area contributed by atoms with Gasteiger partial charge in [0.05, 0.1) is 29.6 Å². The van der Waals surface area contributed by atoms with Crippen LogP contribution in [0.25, 0.3) is 12.2 Å². The lowest BCUT2D eigenvalue weighted by atomic mass is 10.1. The van der Waals surface area contributed by atoms with E-state index in [2.05, 4.69) is 20.2 Å². The summed E-state index contributed by atoms with van der Waals surface area (Å²) in [5, 5.41) is 20.1. The molecule has 0 aliphatic rings. The quantitative estimate of drug-likeness (QED) is 0.642. The molecule has 0 unspecified atom stereocenters. The van der Waals surface area contributed by atoms with Gasteiger partial charge in [0.15, 0.2) is 5.82 Å². The summed E-state index contributed by atoms with van der Waals surface area (Å²) in [4.78, 5) is 0.194. The summed E-state index contributed by atoms with van der Waals surface area (Å²) >= 11 is 0. The van der Waals surface area contributed by atoms with Crippen LogP contribution in [0, 0.1) is 25.2 Å². The first kappa shape index (κ1) is 20.2. The number of rotatable bonds is 7. The zero-order chi connectivity index (χ0) is 20.9. The van der Waals surface area contributed by atoms with Crippen molar-refractivity contribution in [1.29, 1.82) is 5.26 Å². The fourth-order valence-electron chi connectivity index (χ4n) is 2.64. The molecule has 0 fully saturated rings. The summed E-state index contributed by atoms with van der Waals surface area (Å²) in [6.07, 6.45) is 3.71. The van der Waals surface area contributed by atoms with Crippen LogP contribution in [0.5, 0.6) is 0 Å². The van der Waals surface area contributed by atoms with E-state index in [9.17, 15) is 8.42 Å². The van der Waals surface area contributed by atoms with E-state index in [1.165, 1.54) is 4.68 Å². The Kier molecular flexibility index (Phi) is 6.04. The van der Waals surface area contributed by atoms with E-state index < -0.39 is 10.0 Å². The van der Waals surface area contributed by atoms with Crippen molar-refractivity contribution in [3.63, 3.8) is 0 Å². The first-order valence-corrected chi connectivity index (χ1v) is 10.4. The molecule has 9 heteroatoms. The SMILES string of the molecule is Cc1ccc(S(=O)(=O)Nc2cc(C)ccc2/C=C/c2nnnn2CCC#N)cc1. The van der Waals surface area contributed by atoms with E-state index in [1.54, 1.807) is 42.5 Å². The molecule has 0 radical (unpaired) electrons. The molecular formula is C20H20N6O2S. The highest BCUT2D eigenvalue weighted by atomic mass is 32.2. The molecule has 0 spiro atoms. The normalized spacial score (nSPS) is 11.5. The van der Waals surface area contributed by atoms with Crippen molar-refractivity contribution in [1.82, 2.24) is 20.2 Å². The minimum Gasteiger partial charge on any atom is -0.279 e. The van der Waals surface area contributed by atoms with Gasteiger partial charge in [0, 0.05) is 0 Å². The molecule has 0 amide bonds. The zero-order valence-electron chi connectivity index (χ0n) is 16.1. The van der Waals surface area contributed by atoms with Crippen molar-refractivity contribution in [2.24, 2.45) is 0 Å². The predicted octanol–water partition coefficient (Wildman–Crippen LogP) is 3.17. The molecule has 3 aromatic rings. The van der Waals surface area contributed by atoms with Gasteiger partial charge in [0.2, 0.25) is 0 Å². The molecule has 3 rings (SSSR count). The average molecular weight is 408 g/mol. The minimum absolute atomic E-state index is 0.194. The Morgan fingerprint density at radius 1 is 1.10 bits per heavy atom. The third-order valence-corrected chi connectivity index (χ3v) is 5.57. The highest BCUT2D eigenvalue weighted by Crippen LogP contribution is 2.24. The Balaban J connectivity index is 1.90. The fourth-order valence-corrected chi connectivity index (χ4v) is 3.71. The van der Waals surface area contributed by atoms with E-state index in [-0.39, 0.29) is 11.3 Å². The van der Waals surface area contributed by atoms with Crippen LogP contribution in [-0.4, -0.2) is 28.6 Å². The lowest BCUT2D eigenvalue weighted by Crippen LogP contribution is -2.13. The number of tetrazole rings is 1. The maximum atomic E-state index is 12.8. The van der Waals surface area contributed by atoms with Crippen LogP contribution in [0.2, 0.25) is 0 Å². The molecule has 0 aliphatic heterocycles. The lowest BCUT2D eigenvalue weighted by Gasteiger charge is -2.12. The average Bonchev–Trinajstić information content (AvgIpc) is 3.13. The van der Waals surface area contributed by atoms with E-state index in [0.717, 1.165) is 11.1 Å². The smallest absolute Gasteiger partial charge is 0.261 e. The fraction of sp³-hybridized carbons (Fsp3) is 0.200. The third kappa shape index (κ3) is 5.06. The standard InChI is InChI=1S/C20H20N6O2S/c1-15-5-9-18(10-6-15)29(27,28)23-19-14-16(2)4-7-17(19)8-11-20-22-24-25-26(20)13-3-12-21/h4-11,14,23H,3,13H2,1-2H3/b11-8+. The molecule has 1 aromatic heterocycles. The summed E-state index contributed by atoms with van der Waals surface area (Å²) in [6.45, 7) is 4.17. The van der Waals surface area contributed by atoms with Crippen LogP contribution >= 0.6 is 0 Å². The van der Waals surface area contributed by atoms with Crippen molar-refractivity contribution in [3.05, 3.63) is 65.0 Å². The number of benzene rings is 2. The summed E-state index contributed by atoms with van der Waals surface area (Å²) in [6, 6.07) is 14.2. The number of aryl methyl sites for hydroxylation is 3. The van der Waals surface area contributed by atoms with Gasteiger partial charge in [-0.2, -0.15) is 5.26 Å². The van der Waals surface area contributed by atoms with E-state index in [4.69, 9.17) is 5.26 Å². The molecule has 148 valence electrons. The van der Waals surface area contributed by atoms with Crippen molar-refractivity contribution in [2.75, 3.05) is 4.72 Å². The lowest BCUT2D eigenvalue weighted by molar-refractivity contribution is 0.595. The topological polar surface area (TPSA) is 114 Å². The largest absolute Gasteiger partial charge is 0.279 e. The van der Waals surface area contributed by atoms with Crippen LogP contribution in [0.4, 0.5) is 5.69 Å². The molecule has 0 atom stereocenters. The third-order valence-electron chi connectivity index (χ3n) is 4.19. The number of sulfonamides is 1. The van der Waals surface area contributed by atoms with E-state index in [1.807, 2.05) is 32.0 Å². The highest BCUT2D eigenvalue weighted by molar-refractivity contribution is 7.92. The minimum atomic E-state index is -3.73. The Hall–Kier alpha value is -3.51. The van der Waals surface area contributed by atoms with Gasteiger partial charge in [-0.3, -0.25) is 4.72 Å². The molecule has 0 aliphatic carbocycles. The number of aromatic nitrogens is 4. The molecule has 1 N–H and O–H groups in total. The van der Waals surface area contributed by atoms with Crippen LogP contribution < -0.4 is 4.72 Å². The van der Waals surface area contributed by atoms with E-state index >= 15 is 0 Å². The number of nitriles is 1. The van der Waals surface area contributed by atoms with Gasteiger partial charge in [0.1, 0.15) is 0 Å². The maximum Gasteiger partial charge on any atom is 0.261 e. The van der Waals surface area contributed by atoms with Crippen molar-refractivity contribution >= 4 is 27.9 Å². The molecular weight excluding hydrogens is 388 g/mol. The molecule has 1 heterocycles. The maximum absolute atomic E-state index is 12.8. The second kappa shape index (κ2) is 8.67. The van der Waals surface area contributed by atoms with E-state index in [0.29, 0.717) is 23.6 Å². The Morgan fingerprint density at radius 3 is 2.55 bits per heavy atom. The Labute approximate surface area is 169 Å². The summed E-state index contributed by atoms with van der Waals surface area (Å²) in [7, 11) is -3.73. The molecule has 0 bridgehead atoms. The van der Waals surface area contributed by atoms with Crippen molar-refractivity contribution in [2.45, 2.75) is 31.7 Å². The molecule has 29 heavy (non-hydrogen) atoms. The number of nitrogens with zero attached hydrogens (tertiary/aromatic N) is 5. The van der Waals surface area contributed by atoms with Crippen LogP contribution in [-0.2, 0) is 16.6 Å². The van der Waals surface area contributed by atoms with Crippen LogP contribution in [0.1, 0.15) is 28.9 Å². The summed E-state index contributed by atoms with van der Waals surface area (Å²) in [5.74, 6) is 0.480. The van der Waals surface area contributed by atoms with Crippen LogP contribution in [0.15, 0.2) is 47.4 Å². The summed E-state index contributed by atoms with van der Waals surface area (Å²) < 4.78 is 29.7. The Bertz CT molecular complexity index is 1170. The Morgan fingerprint density at radius 2 is 1.83 bits per heavy atom. The monoisotopic (exact) mass is 408 g/mol. The van der Waals surface area contributed by atoms with Gasteiger partial charge in [-0.05, 0) is 65.8 Å². The summed E-state index contributed by atoms with van der Waals surface area (Å²) in [5.41, 5.74) is 3.03. The first-order valence-electron chi connectivity index (χ1n) is 8.90. The molecule has 0 saturated carbocycles. The van der Waals surface area contributed by atoms with Gasteiger partial charge in [-0.15, -0.1) is 5.10 Å². The van der Waals surface area contributed by atoms with Gasteiger partial charge in [-0.1, -0.05) is 29.8 Å². The number of hydrogen-bond acceptors (Lipinski definition) is 6. The molecule has 0 saturated heterocycles. The van der Waals surface area contributed by atoms with Gasteiger partial charge >= 0.3 is 0 Å². The van der Waals surface area contributed by atoms with Crippen molar-refractivity contribution in [3.8, 4) is 6.07 Å².